The van der Waals surface area contributed by atoms with E-state index in [0.29, 0.717) is 26.1 Å². The molecule has 1 saturated heterocycles. The van der Waals surface area contributed by atoms with Crippen LogP contribution in [0.2, 0.25) is 0 Å². The molecule has 1 aliphatic heterocycles. The van der Waals surface area contributed by atoms with Gasteiger partial charge in [-0.25, -0.2) is 8.78 Å². The first-order valence-electron chi connectivity index (χ1n) is 6.02. The van der Waals surface area contributed by atoms with Gasteiger partial charge in [0.2, 0.25) is 0 Å². The van der Waals surface area contributed by atoms with E-state index >= 15 is 0 Å². The molecule has 1 heterocycles. The van der Waals surface area contributed by atoms with Crippen LogP contribution in [0.4, 0.5) is 8.78 Å². The number of carbonyl (C=O) groups excluding carboxylic acids is 1. The molecule has 1 fully saturated rings. The third kappa shape index (κ3) is 3.08. The van der Waals surface area contributed by atoms with Crippen LogP contribution in [0, 0.1) is 11.6 Å². The lowest BCUT2D eigenvalue weighted by Gasteiger charge is -2.36. The fourth-order valence-electron chi connectivity index (χ4n) is 2.04. The van der Waals surface area contributed by atoms with Crippen LogP contribution < -0.4 is 5.32 Å². The Balaban J connectivity index is 2.12. The Bertz CT molecular complexity index is 473. The number of ether oxygens (including phenoxy) is 1. The summed E-state index contributed by atoms with van der Waals surface area (Å²) in [5.41, 5.74) is -0.724. The van der Waals surface area contributed by atoms with Crippen LogP contribution >= 0.6 is 0 Å². The second-order valence-corrected chi connectivity index (χ2v) is 4.63. The fourth-order valence-corrected chi connectivity index (χ4v) is 2.04. The zero-order valence-corrected chi connectivity index (χ0v) is 10.3. The second kappa shape index (κ2) is 5.63. The van der Waals surface area contributed by atoms with Crippen LogP contribution in [-0.2, 0) is 4.74 Å². The minimum absolute atomic E-state index is 0.0261. The molecular formula is C13H15F2NO3. The summed E-state index contributed by atoms with van der Waals surface area (Å²) in [6.07, 6.45) is 0.970. The SMILES string of the molecule is O=C(NC1(CO)CCOCC1)c1ccc(F)c(F)c1. The van der Waals surface area contributed by atoms with Gasteiger partial charge in [-0.15, -0.1) is 0 Å². The van der Waals surface area contributed by atoms with Gasteiger partial charge >= 0.3 is 0 Å². The number of hydrogen-bond donors (Lipinski definition) is 2. The molecule has 104 valence electrons. The van der Waals surface area contributed by atoms with E-state index in [-0.39, 0.29) is 12.2 Å². The summed E-state index contributed by atoms with van der Waals surface area (Å²) in [4.78, 5) is 12.0. The number of hydrogen-bond acceptors (Lipinski definition) is 3. The molecule has 0 unspecified atom stereocenters. The zero-order valence-electron chi connectivity index (χ0n) is 10.3. The van der Waals surface area contributed by atoms with E-state index in [1.165, 1.54) is 6.07 Å². The summed E-state index contributed by atoms with van der Waals surface area (Å²) in [7, 11) is 0. The number of halogens is 2. The highest BCUT2D eigenvalue weighted by Crippen LogP contribution is 2.21. The van der Waals surface area contributed by atoms with Crippen LogP contribution in [-0.4, -0.2) is 36.4 Å². The number of aliphatic hydroxyl groups excluding tert-OH is 1. The first kappa shape index (κ1) is 13.9. The highest BCUT2D eigenvalue weighted by atomic mass is 19.2. The molecule has 4 nitrogen and oxygen atoms in total. The molecule has 0 aliphatic carbocycles. The van der Waals surface area contributed by atoms with Gasteiger partial charge in [0, 0.05) is 18.8 Å². The lowest BCUT2D eigenvalue weighted by molar-refractivity contribution is 0.0125. The molecular weight excluding hydrogens is 256 g/mol. The molecule has 2 rings (SSSR count). The first-order chi connectivity index (χ1) is 9.06. The van der Waals surface area contributed by atoms with Crippen molar-refractivity contribution < 1.29 is 23.4 Å². The van der Waals surface area contributed by atoms with E-state index < -0.39 is 23.1 Å². The number of carbonyl (C=O) groups is 1. The van der Waals surface area contributed by atoms with Crippen molar-refractivity contribution in [1.29, 1.82) is 0 Å². The molecule has 0 spiro atoms. The summed E-state index contributed by atoms with van der Waals surface area (Å²) in [5.74, 6) is -2.60. The normalized spacial score (nSPS) is 18.1. The van der Waals surface area contributed by atoms with Crippen LogP contribution in [0.25, 0.3) is 0 Å². The number of aliphatic hydroxyl groups is 1. The number of nitrogens with one attached hydrogen (secondary N) is 1. The largest absolute Gasteiger partial charge is 0.394 e. The summed E-state index contributed by atoms with van der Waals surface area (Å²) < 4.78 is 31.0. The highest BCUT2D eigenvalue weighted by Gasteiger charge is 2.33. The third-order valence-electron chi connectivity index (χ3n) is 3.31. The van der Waals surface area contributed by atoms with E-state index in [1.807, 2.05) is 0 Å². The molecule has 1 aromatic carbocycles. The maximum absolute atomic E-state index is 13.1. The Morgan fingerprint density at radius 2 is 2.00 bits per heavy atom. The Morgan fingerprint density at radius 1 is 1.32 bits per heavy atom. The maximum atomic E-state index is 13.1. The molecule has 0 radical (unpaired) electrons. The van der Waals surface area contributed by atoms with Gasteiger partial charge in [0.15, 0.2) is 11.6 Å². The predicted octanol–water partition coefficient (Wildman–Crippen LogP) is 1.24. The van der Waals surface area contributed by atoms with Crippen molar-refractivity contribution in [2.75, 3.05) is 19.8 Å². The molecule has 0 bridgehead atoms. The van der Waals surface area contributed by atoms with Gasteiger partial charge in [-0.3, -0.25) is 4.79 Å². The first-order valence-corrected chi connectivity index (χ1v) is 6.02. The summed E-state index contributed by atoms with van der Waals surface area (Å²) >= 11 is 0. The third-order valence-corrected chi connectivity index (χ3v) is 3.31. The van der Waals surface area contributed by atoms with Crippen molar-refractivity contribution in [3.05, 3.63) is 35.4 Å². The van der Waals surface area contributed by atoms with Crippen molar-refractivity contribution in [3.8, 4) is 0 Å². The van der Waals surface area contributed by atoms with Gasteiger partial charge in [-0.1, -0.05) is 0 Å². The average Bonchev–Trinajstić information content (AvgIpc) is 2.43. The second-order valence-electron chi connectivity index (χ2n) is 4.63. The van der Waals surface area contributed by atoms with Crippen molar-refractivity contribution in [3.63, 3.8) is 0 Å². The lowest BCUT2D eigenvalue weighted by Crippen LogP contribution is -2.54. The minimum Gasteiger partial charge on any atom is -0.394 e. The van der Waals surface area contributed by atoms with Crippen LogP contribution in [0.1, 0.15) is 23.2 Å². The average molecular weight is 271 g/mol. The standard InChI is InChI=1S/C13H15F2NO3/c14-10-2-1-9(7-11(10)15)12(18)16-13(8-17)3-5-19-6-4-13/h1-2,7,17H,3-6,8H2,(H,16,18). The summed E-state index contributed by atoms with van der Waals surface area (Å²) in [6.45, 7) is 0.670. The van der Waals surface area contributed by atoms with E-state index in [1.54, 1.807) is 0 Å². The lowest BCUT2D eigenvalue weighted by atomic mass is 9.90. The Labute approximate surface area is 109 Å². The Kier molecular flexibility index (Phi) is 4.11. The van der Waals surface area contributed by atoms with Gasteiger partial charge in [0.05, 0.1) is 12.1 Å². The molecule has 19 heavy (non-hydrogen) atoms. The zero-order chi connectivity index (χ0) is 13.9. The van der Waals surface area contributed by atoms with Gasteiger partial charge in [-0.05, 0) is 31.0 Å². The number of rotatable bonds is 3. The maximum Gasteiger partial charge on any atom is 0.251 e. The molecule has 6 heteroatoms. The van der Waals surface area contributed by atoms with E-state index in [0.717, 1.165) is 12.1 Å². The van der Waals surface area contributed by atoms with Crippen molar-refractivity contribution in [2.45, 2.75) is 18.4 Å². The van der Waals surface area contributed by atoms with E-state index in [4.69, 9.17) is 4.74 Å². The molecule has 2 N–H and O–H groups in total. The molecule has 1 amide bonds. The number of amides is 1. The quantitative estimate of drug-likeness (QED) is 0.869. The molecule has 1 aromatic rings. The smallest absolute Gasteiger partial charge is 0.251 e. The molecule has 0 atom stereocenters. The molecule has 0 aromatic heterocycles. The van der Waals surface area contributed by atoms with E-state index in [9.17, 15) is 18.7 Å². The van der Waals surface area contributed by atoms with Gasteiger partial charge in [0.1, 0.15) is 0 Å². The van der Waals surface area contributed by atoms with Crippen LogP contribution in [0.15, 0.2) is 18.2 Å². The van der Waals surface area contributed by atoms with E-state index in [2.05, 4.69) is 5.32 Å². The molecule has 1 aliphatic rings. The van der Waals surface area contributed by atoms with Gasteiger partial charge in [-0.2, -0.15) is 0 Å². The Hall–Kier alpha value is -1.53. The van der Waals surface area contributed by atoms with Crippen molar-refractivity contribution >= 4 is 5.91 Å². The predicted molar refractivity (Wildman–Crippen MR) is 63.7 cm³/mol. The fraction of sp³-hybridized carbons (Fsp3) is 0.462. The van der Waals surface area contributed by atoms with Crippen molar-refractivity contribution in [2.24, 2.45) is 0 Å². The minimum atomic E-state index is -1.07. The van der Waals surface area contributed by atoms with Crippen LogP contribution in [0.5, 0.6) is 0 Å². The summed E-state index contributed by atoms with van der Waals surface area (Å²) in [5, 5.41) is 12.1. The topological polar surface area (TPSA) is 58.6 Å². The summed E-state index contributed by atoms with van der Waals surface area (Å²) in [6, 6.07) is 2.95. The molecule has 0 saturated carbocycles. The van der Waals surface area contributed by atoms with Gasteiger partial charge < -0.3 is 15.2 Å². The monoisotopic (exact) mass is 271 g/mol. The van der Waals surface area contributed by atoms with Crippen LogP contribution in [0.3, 0.4) is 0 Å². The number of benzene rings is 1. The van der Waals surface area contributed by atoms with Crippen molar-refractivity contribution in [1.82, 2.24) is 5.32 Å². The highest BCUT2D eigenvalue weighted by molar-refractivity contribution is 5.94. The Morgan fingerprint density at radius 3 is 2.58 bits per heavy atom. The van der Waals surface area contributed by atoms with Gasteiger partial charge in [0.25, 0.3) is 5.91 Å².